The number of carbonyl (C=O) groups is 2. The van der Waals surface area contributed by atoms with Gasteiger partial charge in [0.1, 0.15) is 6.61 Å². The minimum Gasteiger partial charge on any atom is -0.447 e. The van der Waals surface area contributed by atoms with Gasteiger partial charge in [-0.1, -0.05) is 62.9 Å². The van der Waals surface area contributed by atoms with E-state index in [0.29, 0.717) is 6.42 Å². The topological polar surface area (TPSA) is 46.6 Å². The molecule has 0 N–H and O–H groups in total. The Balaban J connectivity index is 2.09. The Kier molecular flexibility index (Phi) is 8.17. The fourth-order valence-corrected chi connectivity index (χ4v) is 3.23. The van der Waals surface area contributed by atoms with Crippen LogP contribution in [0, 0.1) is 5.92 Å². The summed E-state index contributed by atoms with van der Waals surface area (Å²) in [6.07, 6.45) is 8.80. The molecule has 1 aliphatic heterocycles. The van der Waals surface area contributed by atoms with Gasteiger partial charge in [0.05, 0.1) is 12.0 Å². The number of imide groups is 1. The van der Waals surface area contributed by atoms with E-state index in [0.717, 1.165) is 37.7 Å². The van der Waals surface area contributed by atoms with Gasteiger partial charge in [0, 0.05) is 0 Å². The van der Waals surface area contributed by atoms with Crippen molar-refractivity contribution >= 4 is 12.0 Å². The average molecular weight is 355 g/mol. The second kappa shape index (κ2) is 10.6. The number of carbonyl (C=O) groups excluding carboxylic acids is 2. The first-order valence-electron chi connectivity index (χ1n) is 9.58. The van der Waals surface area contributed by atoms with Crippen LogP contribution in [0.1, 0.15) is 51.5 Å². The minimum atomic E-state index is -0.525. The smallest absolute Gasteiger partial charge is 0.417 e. The van der Waals surface area contributed by atoms with Gasteiger partial charge in [-0.25, -0.2) is 9.69 Å². The standard InChI is InChI=1S/C22H29NO3/c1-3-5-7-11-15-19(14-6-4-2)21(24)23-20(17-26-22(23)25)16-18-12-9-8-10-13-18/h4,8-10,12-14,19-20H,3,5,7,11,15-17H2,1-2H3/t6?,19-,20-/m1/s1. The maximum absolute atomic E-state index is 13.1. The molecule has 2 atom stereocenters. The molecule has 1 heterocycles. The number of nitrogens with zero attached hydrogens (tertiary/aromatic N) is 1. The van der Waals surface area contributed by atoms with E-state index in [1.807, 2.05) is 37.3 Å². The van der Waals surface area contributed by atoms with Crippen molar-refractivity contribution < 1.29 is 14.3 Å². The van der Waals surface area contributed by atoms with E-state index in [1.165, 1.54) is 4.90 Å². The molecule has 1 aromatic carbocycles. The summed E-state index contributed by atoms with van der Waals surface area (Å²) < 4.78 is 5.19. The lowest BCUT2D eigenvalue weighted by Crippen LogP contribution is -2.43. The Hall–Kier alpha value is -2.32. The molecule has 0 unspecified atom stereocenters. The first-order valence-corrected chi connectivity index (χ1v) is 9.58. The Labute approximate surface area is 156 Å². The van der Waals surface area contributed by atoms with Crippen LogP contribution in [0.2, 0.25) is 0 Å². The Morgan fingerprint density at radius 1 is 1.31 bits per heavy atom. The number of unbranched alkanes of at least 4 members (excludes halogenated alkanes) is 3. The summed E-state index contributed by atoms with van der Waals surface area (Å²) in [6.45, 7) is 4.30. The molecule has 0 bridgehead atoms. The fourth-order valence-electron chi connectivity index (χ4n) is 3.23. The third-order valence-electron chi connectivity index (χ3n) is 4.66. The van der Waals surface area contributed by atoms with Gasteiger partial charge in [0.15, 0.2) is 0 Å². The summed E-state index contributed by atoms with van der Waals surface area (Å²) >= 11 is 0. The lowest BCUT2D eigenvalue weighted by atomic mass is 9.97. The second-order valence-electron chi connectivity index (χ2n) is 6.71. The van der Waals surface area contributed by atoms with Crippen molar-refractivity contribution in [3.63, 3.8) is 0 Å². The van der Waals surface area contributed by atoms with Crippen LogP contribution in [0.3, 0.4) is 0 Å². The fraction of sp³-hybridized carbons (Fsp3) is 0.500. The summed E-state index contributed by atoms with van der Waals surface area (Å²) in [4.78, 5) is 26.6. The van der Waals surface area contributed by atoms with Gasteiger partial charge >= 0.3 is 6.09 Å². The number of amides is 2. The molecule has 2 rings (SSSR count). The predicted molar refractivity (Wildman–Crippen MR) is 103 cm³/mol. The van der Waals surface area contributed by atoms with Gasteiger partial charge in [-0.2, -0.15) is 0 Å². The molecule has 0 spiro atoms. The summed E-state index contributed by atoms with van der Waals surface area (Å²) in [6, 6.07) is 9.65. The van der Waals surface area contributed by atoms with Crippen molar-refractivity contribution in [2.45, 2.75) is 58.4 Å². The largest absolute Gasteiger partial charge is 0.447 e. The molecule has 140 valence electrons. The lowest BCUT2D eigenvalue weighted by Gasteiger charge is -2.23. The second-order valence-corrected chi connectivity index (χ2v) is 6.71. The molecule has 0 aliphatic carbocycles. The quantitative estimate of drug-likeness (QED) is 0.468. The monoisotopic (exact) mass is 355 g/mol. The van der Waals surface area contributed by atoms with E-state index in [4.69, 9.17) is 4.74 Å². The zero-order valence-corrected chi connectivity index (χ0v) is 15.8. The molecule has 1 aromatic rings. The number of ether oxygens (including phenoxy) is 1. The predicted octanol–water partition coefficient (Wildman–Crippen LogP) is 4.89. The third kappa shape index (κ3) is 5.60. The number of hydrogen-bond donors (Lipinski definition) is 0. The molecular weight excluding hydrogens is 326 g/mol. The highest BCUT2D eigenvalue weighted by Gasteiger charge is 2.40. The molecule has 1 fully saturated rings. The Bertz CT molecular complexity index is 647. The van der Waals surface area contributed by atoms with E-state index >= 15 is 0 Å². The first kappa shape index (κ1) is 20.0. The summed E-state index contributed by atoms with van der Waals surface area (Å²) in [5.41, 5.74) is 4.12. The van der Waals surface area contributed by atoms with E-state index < -0.39 is 6.09 Å². The molecule has 26 heavy (non-hydrogen) atoms. The van der Waals surface area contributed by atoms with E-state index in [2.05, 4.69) is 12.7 Å². The molecule has 0 saturated carbocycles. The van der Waals surface area contributed by atoms with Crippen LogP contribution in [-0.2, 0) is 16.0 Å². The summed E-state index contributed by atoms with van der Waals surface area (Å²) in [7, 11) is 0. The van der Waals surface area contributed by atoms with Gasteiger partial charge in [-0.15, -0.1) is 5.73 Å². The Morgan fingerprint density at radius 3 is 2.77 bits per heavy atom. The molecule has 4 nitrogen and oxygen atoms in total. The van der Waals surface area contributed by atoms with E-state index in [-0.39, 0.29) is 24.5 Å². The highest BCUT2D eigenvalue weighted by molar-refractivity contribution is 5.95. The van der Waals surface area contributed by atoms with Gasteiger partial charge < -0.3 is 4.74 Å². The summed E-state index contributed by atoms with van der Waals surface area (Å²) in [5, 5.41) is 0. The van der Waals surface area contributed by atoms with Crippen LogP contribution in [0.15, 0.2) is 48.2 Å². The highest BCUT2D eigenvalue weighted by atomic mass is 16.6. The van der Waals surface area contributed by atoms with Gasteiger partial charge in [-0.05, 0) is 37.5 Å². The van der Waals surface area contributed by atoms with Crippen molar-refractivity contribution in [3.8, 4) is 0 Å². The molecule has 0 aromatic heterocycles. The minimum absolute atomic E-state index is 0.167. The van der Waals surface area contributed by atoms with Crippen LogP contribution >= 0.6 is 0 Å². The van der Waals surface area contributed by atoms with Gasteiger partial charge in [0.2, 0.25) is 5.91 Å². The molecule has 4 heteroatoms. The van der Waals surface area contributed by atoms with Crippen LogP contribution in [0.4, 0.5) is 4.79 Å². The van der Waals surface area contributed by atoms with Crippen molar-refractivity contribution in [2.75, 3.05) is 6.61 Å². The zero-order chi connectivity index (χ0) is 18.8. The number of hydrogen-bond acceptors (Lipinski definition) is 3. The number of cyclic esters (lactones) is 1. The number of benzene rings is 1. The van der Waals surface area contributed by atoms with Crippen molar-refractivity contribution in [3.05, 3.63) is 53.8 Å². The molecular formula is C22H29NO3. The molecule has 1 saturated heterocycles. The molecule has 2 amide bonds. The number of rotatable bonds is 9. The lowest BCUT2D eigenvalue weighted by molar-refractivity contribution is -0.132. The van der Waals surface area contributed by atoms with Gasteiger partial charge in [-0.3, -0.25) is 4.79 Å². The normalized spacial score (nSPS) is 17.4. The molecule has 1 aliphatic rings. The maximum Gasteiger partial charge on any atom is 0.417 e. The van der Waals surface area contributed by atoms with Crippen LogP contribution < -0.4 is 0 Å². The first-order chi connectivity index (χ1) is 12.7. The van der Waals surface area contributed by atoms with Crippen LogP contribution in [0.25, 0.3) is 0 Å². The third-order valence-corrected chi connectivity index (χ3v) is 4.66. The highest BCUT2D eigenvalue weighted by Crippen LogP contribution is 2.23. The van der Waals surface area contributed by atoms with Crippen molar-refractivity contribution in [2.24, 2.45) is 5.92 Å². The van der Waals surface area contributed by atoms with Crippen molar-refractivity contribution in [1.29, 1.82) is 0 Å². The van der Waals surface area contributed by atoms with Crippen LogP contribution in [-0.4, -0.2) is 29.5 Å². The van der Waals surface area contributed by atoms with Gasteiger partial charge in [0.25, 0.3) is 0 Å². The van der Waals surface area contributed by atoms with Crippen LogP contribution in [0.5, 0.6) is 0 Å². The average Bonchev–Trinajstić information content (AvgIpc) is 3.01. The summed E-state index contributed by atoms with van der Waals surface area (Å²) in [5.74, 6) is -0.494. The SMILES string of the molecule is CC=C=C[C@H](CCCCCC)C(=O)N1C(=O)OC[C@H]1Cc1ccccc1. The maximum atomic E-state index is 13.1. The Morgan fingerprint density at radius 2 is 2.08 bits per heavy atom. The van der Waals surface area contributed by atoms with E-state index in [9.17, 15) is 9.59 Å². The van der Waals surface area contributed by atoms with Crippen molar-refractivity contribution in [1.82, 2.24) is 4.90 Å². The molecule has 0 radical (unpaired) electrons. The van der Waals surface area contributed by atoms with E-state index in [1.54, 1.807) is 12.2 Å². The zero-order valence-electron chi connectivity index (χ0n) is 15.8.